The molecule has 1 amide bonds. The molecule has 1 saturated heterocycles. The molecule has 7 nitrogen and oxygen atoms in total. The highest BCUT2D eigenvalue weighted by molar-refractivity contribution is 6.07. The summed E-state index contributed by atoms with van der Waals surface area (Å²) in [5, 5.41) is 23.4. The average molecular weight is 323 g/mol. The van der Waals surface area contributed by atoms with Gasteiger partial charge in [0.2, 0.25) is 0 Å². The number of H-pyrrole nitrogens is 1. The number of aromatic amines is 1. The van der Waals surface area contributed by atoms with Gasteiger partial charge in [-0.05, 0) is 37.3 Å². The van der Waals surface area contributed by atoms with Crippen LogP contribution in [0.25, 0.3) is 22.3 Å². The van der Waals surface area contributed by atoms with E-state index in [0.717, 1.165) is 29.7 Å². The SMILES string of the molecule is Cc1[nH]nc2nc(-c3ccc(O)cc3)cc(C(=O)NC3CNC3)c12. The van der Waals surface area contributed by atoms with Gasteiger partial charge in [-0.3, -0.25) is 9.89 Å². The summed E-state index contributed by atoms with van der Waals surface area (Å²) in [6.45, 7) is 3.45. The fourth-order valence-electron chi connectivity index (χ4n) is 2.79. The fraction of sp³-hybridized carbons (Fsp3) is 0.235. The number of aromatic nitrogens is 3. The molecule has 1 aromatic carbocycles. The van der Waals surface area contributed by atoms with Crippen LogP contribution < -0.4 is 10.6 Å². The highest BCUT2D eigenvalue weighted by Crippen LogP contribution is 2.27. The quantitative estimate of drug-likeness (QED) is 0.582. The second-order valence-corrected chi connectivity index (χ2v) is 5.98. The molecule has 1 fully saturated rings. The van der Waals surface area contributed by atoms with Crippen LogP contribution >= 0.6 is 0 Å². The van der Waals surface area contributed by atoms with Gasteiger partial charge in [-0.25, -0.2) is 4.98 Å². The number of rotatable bonds is 3. The molecule has 24 heavy (non-hydrogen) atoms. The lowest BCUT2D eigenvalue weighted by molar-refractivity contribution is 0.0925. The maximum atomic E-state index is 12.7. The lowest BCUT2D eigenvalue weighted by atomic mass is 10.0. The molecule has 122 valence electrons. The normalized spacial score (nSPS) is 14.5. The van der Waals surface area contributed by atoms with E-state index in [1.54, 1.807) is 30.3 Å². The number of benzene rings is 1. The van der Waals surface area contributed by atoms with E-state index < -0.39 is 0 Å². The van der Waals surface area contributed by atoms with Crippen molar-refractivity contribution in [3.05, 3.63) is 41.6 Å². The van der Waals surface area contributed by atoms with Crippen molar-refractivity contribution >= 4 is 16.9 Å². The number of amides is 1. The molecule has 3 aromatic rings. The third-order valence-corrected chi connectivity index (χ3v) is 4.23. The van der Waals surface area contributed by atoms with Crippen LogP contribution in [-0.2, 0) is 0 Å². The standard InChI is InChI=1S/C17H17N5O2/c1-9-15-13(17(24)19-11-7-18-8-11)6-14(20-16(15)22-21-9)10-2-4-12(23)5-3-10/h2-6,11,18,23H,7-8H2,1H3,(H,19,24)(H,20,21,22). The third kappa shape index (κ3) is 2.48. The van der Waals surface area contributed by atoms with Crippen molar-refractivity contribution in [2.45, 2.75) is 13.0 Å². The second-order valence-electron chi connectivity index (χ2n) is 5.98. The summed E-state index contributed by atoms with van der Waals surface area (Å²) >= 11 is 0. The van der Waals surface area contributed by atoms with Gasteiger partial charge >= 0.3 is 0 Å². The Kier molecular flexibility index (Phi) is 3.42. The molecule has 0 bridgehead atoms. The maximum Gasteiger partial charge on any atom is 0.252 e. The summed E-state index contributed by atoms with van der Waals surface area (Å²) in [5.41, 5.74) is 3.34. The topological polar surface area (TPSA) is 103 Å². The van der Waals surface area contributed by atoms with E-state index >= 15 is 0 Å². The molecule has 2 aromatic heterocycles. The Morgan fingerprint density at radius 3 is 2.71 bits per heavy atom. The predicted molar refractivity (Wildman–Crippen MR) is 89.9 cm³/mol. The number of aryl methyl sites for hydroxylation is 1. The molecule has 0 spiro atoms. The van der Waals surface area contributed by atoms with Crippen molar-refractivity contribution < 1.29 is 9.90 Å². The lowest BCUT2D eigenvalue weighted by Crippen LogP contribution is -2.56. The summed E-state index contributed by atoms with van der Waals surface area (Å²) in [6.07, 6.45) is 0. The summed E-state index contributed by atoms with van der Waals surface area (Å²) in [7, 11) is 0. The van der Waals surface area contributed by atoms with Gasteiger partial charge in [0.05, 0.1) is 22.7 Å². The summed E-state index contributed by atoms with van der Waals surface area (Å²) < 4.78 is 0. The van der Waals surface area contributed by atoms with Gasteiger partial charge in [0.1, 0.15) is 5.75 Å². The van der Waals surface area contributed by atoms with Crippen LogP contribution in [0, 0.1) is 6.92 Å². The van der Waals surface area contributed by atoms with E-state index in [2.05, 4.69) is 25.8 Å². The Labute approximate surface area is 138 Å². The Bertz CT molecular complexity index is 913. The van der Waals surface area contributed by atoms with E-state index in [4.69, 9.17) is 0 Å². The van der Waals surface area contributed by atoms with Crippen LogP contribution in [0.1, 0.15) is 16.1 Å². The van der Waals surface area contributed by atoms with Gasteiger partial charge in [0, 0.05) is 24.3 Å². The molecular weight excluding hydrogens is 306 g/mol. The smallest absolute Gasteiger partial charge is 0.252 e. The molecule has 1 aliphatic rings. The van der Waals surface area contributed by atoms with Crippen LogP contribution in [0.15, 0.2) is 30.3 Å². The minimum absolute atomic E-state index is 0.126. The number of nitrogens with zero attached hydrogens (tertiary/aromatic N) is 2. The zero-order chi connectivity index (χ0) is 16.7. The van der Waals surface area contributed by atoms with Crippen molar-refractivity contribution in [3.63, 3.8) is 0 Å². The lowest BCUT2D eigenvalue weighted by Gasteiger charge is -2.28. The minimum atomic E-state index is -0.126. The third-order valence-electron chi connectivity index (χ3n) is 4.23. The Morgan fingerprint density at radius 2 is 2.04 bits per heavy atom. The Balaban J connectivity index is 1.81. The van der Waals surface area contributed by atoms with Crippen LogP contribution in [0.2, 0.25) is 0 Å². The first kappa shape index (κ1) is 14.6. The van der Waals surface area contributed by atoms with Gasteiger partial charge in [-0.2, -0.15) is 5.10 Å². The largest absolute Gasteiger partial charge is 0.508 e. The van der Waals surface area contributed by atoms with E-state index in [0.29, 0.717) is 16.9 Å². The number of fused-ring (bicyclic) bond motifs is 1. The van der Waals surface area contributed by atoms with E-state index in [1.807, 2.05) is 6.92 Å². The van der Waals surface area contributed by atoms with Crippen molar-refractivity contribution in [1.29, 1.82) is 0 Å². The highest BCUT2D eigenvalue weighted by Gasteiger charge is 2.23. The first-order valence-electron chi connectivity index (χ1n) is 7.78. The van der Waals surface area contributed by atoms with Crippen molar-refractivity contribution in [2.75, 3.05) is 13.1 Å². The number of carbonyl (C=O) groups excluding carboxylic acids is 1. The molecule has 0 atom stereocenters. The molecule has 0 radical (unpaired) electrons. The van der Waals surface area contributed by atoms with E-state index in [1.165, 1.54) is 0 Å². The molecule has 0 unspecified atom stereocenters. The average Bonchev–Trinajstić information content (AvgIpc) is 2.92. The van der Waals surface area contributed by atoms with Gasteiger partial charge in [-0.15, -0.1) is 0 Å². The predicted octanol–water partition coefficient (Wildman–Crippen LogP) is 1.34. The van der Waals surface area contributed by atoms with Gasteiger partial charge < -0.3 is 15.7 Å². The number of hydrogen-bond donors (Lipinski definition) is 4. The van der Waals surface area contributed by atoms with Crippen molar-refractivity contribution in [1.82, 2.24) is 25.8 Å². The number of carbonyl (C=O) groups is 1. The van der Waals surface area contributed by atoms with E-state index in [9.17, 15) is 9.90 Å². The minimum Gasteiger partial charge on any atom is -0.508 e. The van der Waals surface area contributed by atoms with Gasteiger partial charge in [-0.1, -0.05) is 0 Å². The zero-order valence-electron chi connectivity index (χ0n) is 13.1. The molecule has 4 N–H and O–H groups in total. The molecule has 0 aliphatic carbocycles. The zero-order valence-corrected chi connectivity index (χ0v) is 13.1. The Morgan fingerprint density at radius 1 is 1.29 bits per heavy atom. The van der Waals surface area contributed by atoms with Crippen molar-refractivity contribution in [3.8, 4) is 17.0 Å². The first-order valence-corrected chi connectivity index (χ1v) is 7.78. The highest BCUT2D eigenvalue weighted by atomic mass is 16.3. The summed E-state index contributed by atoms with van der Waals surface area (Å²) in [5.74, 6) is 0.0596. The van der Waals surface area contributed by atoms with Crippen molar-refractivity contribution in [2.24, 2.45) is 0 Å². The number of pyridine rings is 1. The fourth-order valence-corrected chi connectivity index (χ4v) is 2.79. The van der Waals surface area contributed by atoms with Crippen LogP contribution in [-0.4, -0.2) is 45.3 Å². The second kappa shape index (κ2) is 5.61. The number of phenolic OH excluding ortho intramolecular Hbond substituents is 1. The maximum absolute atomic E-state index is 12.7. The van der Waals surface area contributed by atoms with Gasteiger partial charge in [0.25, 0.3) is 5.91 Å². The molecule has 1 aliphatic heterocycles. The molecular formula is C17H17N5O2. The number of nitrogens with one attached hydrogen (secondary N) is 3. The Hall–Kier alpha value is -2.93. The van der Waals surface area contributed by atoms with Crippen LogP contribution in [0.4, 0.5) is 0 Å². The summed E-state index contributed by atoms with van der Waals surface area (Å²) in [4.78, 5) is 17.2. The number of phenols is 1. The number of aromatic hydroxyl groups is 1. The summed E-state index contributed by atoms with van der Waals surface area (Å²) in [6, 6.07) is 8.65. The molecule has 7 heteroatoms. The van der Waals surface area contributed by atoms with Crippen LogP contribution in [0.5, 0.6) is 5.75 Å². The monoisotopic (exact) mass is 323 g/mol. The van der Waals surface area contributed by atoms with Gasteiger partial charge in [0.15, 0.2) is 5.65 Å². The first-order chi connectivity index (χ1) is 11.6. The van der Waals surface area contributed by atoms with Crippen LogP contribution in [0.3, 0.4) is 0 Å². The number of hydrogen-bond acceptors (Lipinski definition) is 5. The molecule has 0 saturated carbocycles. The molecule has 3 heterocycles. The van der Waals surface area contributed by atoms with E-state index in [-0.39, 0.29) is 17.7 Å². The molecule has 4 rings (SSSR count).